The largest absolute Gasteiger partial charge is 0.360 e. The van der Waals surface area contributed by atoms with E-state index in [1.165, 1.54) is 11.8 Å². The average Bonchev–Trinajstić information content (AvgIpc) is 3.26. The van der Waals surface area contributed by atoms with Gasteiger partial charge in [-0.05, 0) is 20.3 Å². The molecule has 1 aromatic carbocycles. The van der Waals surface area contributed by atoms with E-state index in [4.69, 9.17) is 4.52 Å². The van der Waals surface area contributed by atoms with Gasteiger partial charge in [0.05, 0.1) is 5.75 Å². The van der Waals surface area contributed by atoms with Gasteiger partial charge in [0.2, 0.25) is 5.91 Å². The molecule has 136 valence electrons. The first-order valence-corrected chi connectivity index (χ1v) is 9.43. The first-order chi connectivity index (χ1) is 12.6. The highest BCUT2D eigenvalue weighted by Gasteiger charge is 2.19. The first kappa shape index (κ1) is 18.2. The molecular formula is C18H21N5O2S. The summed E-state index contributed by atoms with van der Waals surface area (Å²) < 4.78 is 7.04. The van der Waals surface area contributed by atoms with Crippen molar-refractivity contribution in [3.8, 4) is 11.4 Å². The van der Waals surface area contributed by atoms with E-state index < -0.39 is 0 Å². The van der Waals surface area contributed by atoms with Crippen LogP contribution < -0.4 is 5.32 Å². The van der Waals surface area contributed by atoms with E-state index in [1.54, 1.807) is 13.0 Å². The molecule has 0 saturated carbocycles. The molecule has 0 aliphatic carbocycles. The Morgan fingerprint density at radius 1 is 1.31 bits per heavy atom. The van der Waals surface area contributed by atoms with Gasteiger partial charge >= 0.3 is 0 Å². The molecule has 2 aromatic heterocycles. The molecule has 1 amide bonds. The minimum absolute atomic E-state index is 0.164. The van der Waals surface area contributed by atoms with Crippen molar-refractivity contribution in [2.75, 3.05) is 11.1 Å². The summed E-state index contributed by atoms with van der Waals surface area (Å²) in [6, 6.07) is 11.9. The van der Waals surface area contributed by atoms with E-state index in [-0.39, 0.29) is 17.7 Å². The SMILES string of the molecule is CC[C@@H](C)n1c(SCC(=O)Nc2cc(C)on2)nnc1-c1ccccc1. The van der Waals surface area contributed by atoms with E-state index in [9.17, 15) is 4.79 Å². The molecule has 2 heterocycles. The van der Waals surface area contributed by atoms with E-state index in [2.05, 4.69) is 39.1 Å². The van der Waals surface area contributed by atoms with Gasteiger partial charge < -0.3 is 9.84 Å². The fraction of sp³-hybridized carbons (Fsp3) is 0.333. The number of carbonyl (C=O) groups excluding carboxylic acids is 1. The smallest absolute Gasteiger partial charge is 0.236 e. The lowest BCUT2D eigenvalue weighted by atomic mass is 10.2. The minimum atomic E-state index is -0.164. The molecule has 0 aliphatic heterocycles. The second kappa shape index (κ2) is 8.18. The molecule has 26 heavy (non-hydrogen) atoms. The Morgan fingerprint density at radius 2 is 2.08 bits per heavy atom. The fourth-order valence-electron chi connectivity index (χ4n) is 2.47. The van der Waals surface area contributed by atoms with E-state index in [1.807, 2.05) is 30.3 Å². The normalized spacial score (nSPS) is 12.1. The number of aryl methyl sites for hydroxylation is 1. The van der Waals surface area contributed by atoms with Gasteiger partial charge in [0, 0.05) is 17.7 Å². The average molecular weight is 371 g/mol. The molecule has 1 atom stereocenters. The van der Waals surface area contributed by atoms with Gasteiger partial charge in [0.25, 0.3) is 0 Å². The third-order valence-electron chi connectivity index (χ3n) is 3.96. The van der Waals surface area contributed by atoms with E-state index in [0.717, 1.165) is 23.0 Å². The Bertz CT molecular complexity index is 875. The number of rotatable bonds is 7. The number of nitrogens with zero attached hydrogens (tertiary/aromatic N) is 4. The summed E-state index contributed by atoms with van der Waals surface area (Å²) in [6.07, 6.45) is 0.940. The molecule has 0 spiro atoms. The third-order valence-corrected chi connectivity index (χ3v) is 4.90. The quantitative estimate of drug-likeness (QED) is 0.633. The summed E-state index contributed by atoms with van der Waals surface area (Å²) in [5.41, 5.74) is 1.01. The molecule has 8 heteroatoms. The molecule has 1 N–H and O–H groups in total. The Balaban J connectivity index is 1.75. The lowest BCUT2D eigenvalue weighted by Gasteiger charge is -2.16. The Kier molecular flexibility index (Phi) is 5.72. The van der Waals surface area contributed by atoms with Gasteiger partial charge in [-0.15, -0.1) is 10.2 Å². The molecule has 0 saturated heterocycles. The van der Waals surface area contributed by atoms with Crippen LogP contribution in [0.2, 0.25) is 0 Å². The highest BCUT2D eigenvalue weighted by Crippen LogP contribution is 2.29. The third kappa shape index (κ3) is 4.13. The van der Waals surface area contributed by atoms with Crippen molar-refractivity contribution in [1.29, 1.82) is 0 Å². The summed E-state index contributed by atoms with van der Waals surface area (Å²) in [5.74, 6) is 1.94. The van der Waals surface area contributed by atoms with Crippen molar-refractivity contribution >= 4 is 23.5 Å². The second-order valence-electron chi connectivity index (χ2n) is 5.96. The van der Waals surface area contributed by atoms with Gasteiger partial charge in [-0.1, -0.05) is 54.2 Å². The molecule has 0 unspecified atom stereocenters. The minimum Gasteiger partial charge on any atom is -0.360 e. The predicted molar refractivity (Wildman–Crippen MR) is 101 cm³/mol. The van der Waals surface area contributed by atoms with Crippen molar-refractivity contribution in [3.63, 3.8) is 0 Å². The molecule has 0 aliphatic rings. The first-order valence-electron chi connectivity index (χ1n) is 8.44. The van der Waals surface area contributed by atoms with Crippen LogP contribution in [0.1, 0.15) is 32.1 Å². The van der Waals surface area contributed by atoms with Crippen LogP contribution in [0.15, 0.2) is 46.1 Å². The Hall–Kier alpha value is -2.61. The summed E-state index contributed by atoms with van der Waals surface area (Å²) >= 11 is 1.36. The van der Waals surface area contributed by atoms with Crippen molar-refractivity contribution in [1.82, 2.24) is 19.9 Å². The fourth-order valence-corrected chi connectivity index (χ4v) is 3.31. The highest BCUT2D eigenvalue weighted by atomic mass is 32.2. The van der Waals surface area contributed by atoms with Crippen LogP contribution >= 0.6 is 11.8 Å². The van der Waals surface area contributed by atoms with E-state index in [0.29, 0.717) is 11.6 Å². The molecule has 3 aromatic rings. The maximum Gasteiger partial charge on any atom is 0.236 e. The lowest BCUT2D eigenvalue weighted by Crippen LogP contribution is -2.15. The summed E-state index contributed by atoms with van der Waals surface area (Å²) in [5, 5.41) is 15.9. The van der Waals surface area contributed by atoms with Crippen LogP contribution in [0.5, 0.6) is 0 Å². The summed E-state index contributed by atoms with van der Waals surface area (Å²) in [7, 11) is 0. The van der Waals surface area contributed by atoms with Gasteiger partial charge in [0.15, 0.2) is 16.8 Å². The van der Waals surface area contributed by atoms with Crippen LogP contribution in [0.25, 0.3) is 11.4 Å². The number of anilines is 1. The molecular weight excluding hydrogens is 350 g/mol. The second-order valence-corrected chi connectivity index (χ2v) is 6.90. The number of hydrogen-bond acceptors (Lipinski definition) is 6. The number of hydrogen-bond donors (Lipinski definition) is 1. The number of nitrogens with one attached hydrogen (secondary N) is 1. The van der Waals surface area contributed by atoms with Gasteiger partial charge in [-0.2, -0.15) is 0 Å². The standard InChI is InChI=1S/C18H21N5O2S/c1-4-12(2)23-17(14-8-6-5-7-9-14)20-21-18(23)26-11-16(24)19-15-10-13(3)25-22-15/h5-10,12H,4,11H2,1-3H3,(H,19,22,24)/t12-/m1/s1. The van der Waals surface area contributed by atoms with Gasteiger partial charge in [-0.3, -0.25) is 9.36 Å². The topological polar surface area (TPSA) is 85.8 Å². The zero-order valence-corrected chi connectivity index (χ0v) is 15.8. The van der Waals surface area contributed by atoms with Crippen LogP contribution in [0.3, 0.4) is 0 Å². The van der Waals surface area contributed by atoms with Crippen LogP contribution in [-0.2, 0) is 4.79 Å². The van der Waals surface area contributed by atoms with Crippen LogP contribution in [0.4, 0.5) is 5.82 Å². The molecule has 7 nitrogen and oxygen atoms in total. The maximum atomic E-state index is 12.2. The maximum absolute atomic E-state index is 12.2. The van der Waals surface area contributed by atoms with Crippen molar-refractivity contribution in [2.45, 2.75) is 38.4 Å². The molecule has 0 fully saturated rings. The monoisotopic (exact) mass is 371 g/mol. The molecule has 3 rings (SSSR count). The zero-order valence-electron chi connectivity index (χ0n) is 15.0. The number of amides is 1. The number of thioether (sulfide) groups is 1. The van der Waals surface area contributed by atoms with Crippen molar-refractivity contribution in [2.24, 2.45) is 0 Å². The van der Waals surface area contributed by atoms with Crippen LogP contribution in [-0.4, -0.2) is 31.6 Å². The van der Waals surface area contributed by atoms with Crippen molar-refractivity contribution < 1.29 is 9.32 Å². The van der Waals surface area contributed by atoms with E-state index >= 15 is 0 Å². The van der Waals surface area contributed by atoms with Crippen molar-refractivity contribution in [3.05, 3.63) is 42.2 Å². The van der Waals surface area contributed by atoms with Gasteiger partial charge in [0.1, 0.15) is 5.76 Å². The number of carbonyl (C=O) groups is 1. The number of benzene rings is 1. The molecule has 0 radical (unpaired) electrons. The molecule has 0 bridgehead atoms. The van der Waals surface area contributed by atoms with Crippen LogP contribution in [0, 0.1) is 6.92 Å². The Labute approximate surface area is 156 Å². The predicted octanol–water partition coefficient (Wildman–Crippen LogP) is 3.94. The highest BCUT2D eigenvalue weighted by molar-refractivity contribution is 7.99. The zero-order chi connectivity index (χ0) is 18.5. The number of aromatic nitrogens is 4. The summed E-state index contributed by atoms with van der Waals surface area (Å²) in [4.78, 5) is 12.2. The lowest BCUT2D eigenvalue weighted by molar-refractivity contribution is -0.113. The Morgan fingerprint density at radius 3 is 2.73 bits per heavy atom. The van der Waals surface area contributed by atoms with Gasteiger partial charge in [-0.25, -0.2) is 0 Å². The summed E-state index contributed by atoms with van der Waals surface area (Å²) in [6.45, 7) is 6.02.